The topological polar surface area (TPSA) is 41.0 Å². The molecule has 0 bridgehead atoms. The Kier molecular flexibility index (Phi) is 7.04. The van der Waals surface area contributed by atoms with Gasteiger partial charge in [0.1, 0.15) is 6.10 Å². The second kappa shape index (κ2) is 8.28. The maximum absolute atomic E-state index is 5.89. The molecule has 1 unspecified atom stereocenters. The predicted molar refractivity (Wildman–Crippen MR) is 91.9 cm³/mol. The molecule has 1 saturated heterocycles. The molecule has 0 aliphatic carbocycles. The number of halogens is 1. The molecule has 112 valence electrons. The van der Waals surface area contributed by atoms with E-state index < -0.39 is 0 Å². The lowest BCUT2D eigenvalue weighted by molar-refractivity contribution is 0.204. The summed E-state index contributed by atoms with van der Waals surface area (Å²) in [5, 5.41) is 0. The van der Waals surface area contributed by atoms with Crippen LogP contribution in [0.3, 0.4) is 0 Å². The summed E-state index contributed by atoms with van der Waals surface area (Å²) in [6, 6.07) is 5.74. The fourth-order valence-electron chi connectivity index (χ4n) is 2.26. The third-order valence-electron chi connectivity index (χ3n) is 3.05. The summed E-state index contributed by atoms with van der Waals surface area (Å²) in [6.45, 7) is 4.71. The molecule has 1 fully saturated rings. The molecule has 6 heteroatoms. The summed E-state index contributed by atoms with van der Waals surface area (Å²) < 4.78 is 5.89. The number of hydrogen-bond donors (Lipinski definition) is 0. The Hall–Kier alpha value is -1.05. The van der Waals surface area contributed by atoms with Crippen LogP contribution in [0.1, 0.15) is 13.3 Å². The zero-order valence-corrected chi connectivity index (χ0v) is 14.7. The number of guanidine groups is 1. The second-order valence-corrected chi connectivity index (χ2v) is 4.81. The van der Waals surface area contributed by atoms with Crippen LogP contribution >= 0.6 is 24.0 Å². The molecule has 2 heterocycles. The molecule has 1 aromatic rings. The van der Waals surface area contributed by atoms with Crippen molar-refractivity contribution in [2.24, 2.45) is 4.99 Å². The Bertz CT molecular complexity index is 424. The van der Waals surface area contributed by atoms with Crippen molar-refractivity contribution >= 4 is 29.9 Å². The van der Waals surface area contributed by atoms with Crippen LogP contribution in [0.25, 0.3) is 0 Å². The molecule has 1 aromatic heterocycles. The van der Waals surface area contributed by atoms with Crippen LogP contribution in [0.5, 0.6) is 5.88 Å². The zero-order chi connectivity index (χ0) is 13.7. The molecule has 0 saturated carbocycles. The van der Waals surface area contributed by atoms with Crippen molar-refractivity contribution in [2.75, 3.05) is 33.7 Å². The van der Waals surface area contributed by atoms with Crippen LogP contribution in [0.2, 0.25) is 0 Å². The molecule has 1 aliphatic heterocycles. The Morgan fingerprint density at radius 1 is 1.50 bits per heavy atom. The third kappa shape index (κ3) is 4.50. The quantitative estimate of drug-likeness (QED) is 0.450. The fourth-order valence-corrected chi connectivity index (χ4v) is 2.26. The van der Waals surface area contributed by atoms with E-state index in [2.05, 4.69) is 26.7 Å². The van der Waals surface area contributed by atoms with Crippen LogP contribution < -0.4 is 4.74 Å². The number of aliphatic imine (C=N–C) groups is 1. The van der Waals surface area contributed by atoms with E-state index in [0.29, 0.717) is 5.88 Å². The Balaban J connectivity index is 0.00000200. The van der Waals surface area contributed by atoms with E-state index in [0.717, 1.165) is 32.0 Å². The predicted octanol–water partition coefficient (Wildman–Crippen LogP) is 2.09. The van der Waals surface area contributed by atoms with Gasteiger partial charge in [-0.05, 0) is 13.0 Å². The molecule has 0 aromatic carbocycles. The monoisotopic (exact) mass is 390 g/mol. The number of pyridine rings is 1. The molecule has 20 heavy (non-hydrogen) atoms. The van der Waals surface area contributed by atoms with Gasteiger partial charge >= 0.3 is 0 Å². The highest BCUT2D eigenvalue weighted by Crippen LogP contribution is 2.17. The van der Waals surface area contributed by atoms with Crippen LogP contribution in [0.4, 0.5) is 0 Å². The molecule has 1 aliphatic rings. The van der Waals surface area contributed by atoms with Crippen molar-refractivity contribution in [1.82, 2.24) is 14.8 Å². The molecule has 0 amide bonds. The minimum absolute atomic E-state index is 0. The van der Waals surface area contributed by atoms with Gasteiger partial charge < -0.3 is 14.5 Å². The van der Waals surface area contributed by atoms with Gasteiger partial charge in [-0.1, -0.05) is 6.07 Å². The Morgan fingerprint density at radius 2 is 2.30 bits per heavy atom. The maximum atomic E-state index is 5.89. The SMILES string of the molecule is CCN=C(N(C)C)N1CCC(Oc2ccccn2)C1.I. The van der Waals surface area contributed by atoms with Crippen molar-refractivity contribution in [3.63, 3.8) is 0 Å². The largest absolute Gasteiger partial charge is 0.472 e. The van der Waals surface area contributed by atoms with Crippen molar-refractivity contribution in [3.8, 4) is 5.88 Å². The van der Waals surface area contributed by atoms with Gasteiger partial charge in [0.2, 0.25) is 5.88 Å². The Labute approximate surface area is 138 Å². The maximum Gasteiger partial charge on any atom is 0.213 e. The van der Waals surface area contributed by atoms with Crippen molar-refractivity contribution in [3.05, 3.63) is 24.4 Å². The lowest BCUT2D eigenvalue weighted by atomic mass is 10.3. The summed E-state index contributed by atoms with van der Waals surface area (Å²) in [6.07, 6.45) is 2.95. The van der Waals surface area contributed by atoms with Gasteiger partial charge in [0, 0.05) is 45.9 Å². The normalized spacial score (nSPS) is 18.6. The van der Waals surface area contributed by atoms with Gasteiger partial charge in [-0.3, -0.25) is 4.99 Å². The molecular formula is C14H23IN4O. The first kappa shape index (κ1) is 17.0. The van der Waals surface area contributed by atoms with Crippen LogP contribution in [-0.2, 0) is 0 Å². The lowest BCUT2D eigenvalue weighted by Gasteiger charge is -2.26. The van der Waals surface area contributed by atoms with Gasteiger partial charge in [0.15, 0.2) is 5.96 Å². The van der Waals surface area contributed by atoms with Gasteiger partial charge in [-0.15, -0.1) is 24.0 Å². The van der Waals surface area contributed by atoms with E-state index in [-0.39, 0.29) is 30.1 Å². The summed E-state index contributed by atoms with van der Waals surface area (Å²) in [5.41, 5.74) is 0. The van der Waals surface area contributed by atoms with E-state index in [1.807, 2.05) is 32.3 Å². The van der Waals surface area contributed by atoms with Gasteiger partial charge in [-0.25, -0.2) is 4.98 Å². The molecule has 0 radical (unpaired) electrons. The molecule has 2 rings (SSSR count). The molecule has 0 N–H and O–H groups in total. The minimum Gasteiger partial charge on any atom is -0.472 e. The van der Waals surface area contributed by atoms with E-state index in [4.69, 9.17) is 4.74 Å². The number of likely N-dealkylation sites (tertiary alicyclic amines) is 1. The van der Waals surface area contributed by atoms with E-state index in [9.17, 15) is 0 Å². The molecule has 0 spiro atoms. The zero-order valence-electron chi connectivity index (χ0n) is 12.3. The molecule has 5 nitrogen and oxygen atoms in total. The smallest absolute Gasteiger partial charge is 0.213 e. The summed E-state index contributed by atoms with van der Waals surface area (Å²) >= 11 is 0. The highest BCUT2D eigenvalue weighted by Gasteiger charge is 2.27. The van der Waals surface area contributed by atoms with Gasteiger partial charge in [-0.2, -0.15) is 0 Å². The highest BCUT2D eigenvalue weighted by atomic mass is 127. The number of ether oxygens (including phenoxy) is 1. The number of aromatic nitrogens is 1. The average molecular weight is 390 g/mol. The van der Waals surface area contributed by atoms with Crippen molar-refractivity contribution < 1.29 is 4.74 Å². The lowest BCUT2D eigenvalue weighted by Crippen LogP contribution is -2.40. The molecular weight excluding hydrogens is 367 g/mol. The first-order valence-electron chi connectivity index (χ1n) is 6.75. The highest BCUT2D eigenvalue weighted by molar-refractivity contribution is 14.0. The van der Waals surface area contributed by atoms with Crippen LogP contribution in [0.15, 0.2) is 29.4 Å². The van der Waals surface area contributed by atoms with Crippen LogP contribution in [0, 0.1) is 0 Å². The summed E-state index contributed by atoms with van der Waals surface area (Å²) in [4.78, 5) is 13.1. The van der Waals surface area contributed by atoms with E-state index in [1.54, 1.807) is 6.20 Å². The summed E-state index contributed by atoms with van der Waals surface area (Å²) in [5.74, 6) is 1.74. The number of hydrogen-bond acceptors (Lipinski definition) is 3. The summed E-state index contributed by atoms with van der Waals surface area (Å²) in [7, 11) is 4.06. The van der Waals surface area contributed by atoms with E-state index in [1.165, 1.54) is 0 Å². The first-order valence-corrected chi connectivity index (χ1v) is 6.75. The van der Waals surface area contributed by atoms with Crippen molar-refractivity contribution in [2.45, 2.75) is 19.4 Å². The standard InChI is InChI=1S/C14H22N4O.HI/c1-4-15-14(17(2)3)18-10-8-12(11-18)19-13-7-5-6-9-16-13;/h5-7,9,12H,4,8,10-11H2,1-3H3;1H. The van der Waals surface area contributed by atoms with Gasteiger partial charge in [0.25, 0.3) is 0 Å². The fraction of sp³-hybridized carbons (Fsp3) is 0.571. The average Bonchev–Trinajstić information content (AvgIpc) is 2.85. The van der Waals surface area contributed by atoms with E-state index >= 15 is 0 Å². The van der Waals surface area contributed by atoms with Crippen molar-refractivity contribution in [1.29, 1.82) is 0 Å². The van der Waals surface area contributed by atoms with Crippen LogP contribution in [-0.4, -0.2) is 60.6 Å². The van der Waals surface area contributed by atoms with Gasteiger partial charge in [0.05, 0.1) is 6.54 Å². The number of rotatable bonds is 3. The third-order valence-corrected chi connectivity index (χ3v) is 3.05. The number of nitrogens with zero attached hydrogens (tertiary/aromatic N) is 4. The second-order valence-electron chi connectivity index (χ2n) is 4.81. The first-order chi connectivity index (χ1) is 9.20. The molecule has 1 atom stereocenters. The Morgan fingerprint density at radius 3 is 2.90 bits per heavy atom. The minimum atomic E-state index is 0.